The summed E-state index contributed by atoms with van der Waals surface area (Å²) in [7, 11) is 0. The van der Waals surface area contributed by atoms with Crippen LogP contribution >= 0.6 is 15.9 Å². The molecule has 0 aliphatic carbocycles. The van der Waals surface area contributed by atoms with Gasteiger partial charge in [0.25, 0.3) is 0 Å². The van der Waals surface area contributed by atoms with Crippen LogP contribution in [0.2, 0.25) is 0 Å². The monoisotopic (exact) mass is 367 g/mol. The van der Waals surface area contributed by atoms with Crippen LogP contribution in [0.3, 0.4) is 0 Å². The van der Waals surface area contributed by atoms with Crippen molar-refractivity contribution < 1.29 is 8.81 Å². The zero-order valence-electron chi connectivity index (χ0n) is 12.0. The molecule has 112 valence electrons. The van der Waals surface area contributed by atoms with E-state index in [9.17, 15) is 9.65 Å². The maximum atomic E-state index is 13.8. The molecule has 23 heavy (non-hydrogen) atoms. The number of benzene rings is 2. The van der Waals surface area contributed by atoms with Crippen molar-refractivity contribution in [3.8, 4) is 17.4 Å². The van der Waals surface area contributed by atoms with E-state index in [1.165, 1.54) is 6.07 Å². The van der Waals surface area contributed by atoms with Crippen LogP contribution in [0.25, 0.3) is 23.0 Å². The molecular formula is C19H11BrFNO. The quantitative estimate of drug-likeness (QED) is 0.539. The van der Waals surface area contributed by atoms with E-state index in [4.69, 9.17) is 4.42 Å². The number of halogens is 2. The van der Waals surface area contributed by atoms with Gasteiger partial charge >= 0.3 is 0 Å². The summed E-state index contributed by atoms with van der Waals surface area (Å²) in [6, 6.07) is 19.5. The van der Waals surface area contributed by atoms with Crippen LogP contribution in [0.15, 0.2) is 69.6 Å². The molecule has 4 heteroatoms. The molecule has 0 atom stereocenters. The van der Waals surface area contributed by atoms with E-state index >= 15 is 0 Å². The van der Waals surface area contributed by atoms with Crippen LogP contribution in [0.1, 0.15) is 11.3 Å². The maximum absolute atomic E-state index is 13.8. The predicted molar refractivity (Wildman–Crippen MR) is 91.7 cm³/mol. The van der Waals surface area contributed by atoms with Crippen molar-refractivity contribution in [1.29, 1.82) is 5.26 Å². The highest BCUT2D eigenvalue weighted by Crippen LogP contribution is 2.27. The van der Waals surface area contributed by atoms with Crippen molar-refractivity contribution in [2.24, 2.45) is 0 Å². The van der Waals surface area contributed by atoms with Crippen LogP contribution < -0.4 is 0 Å². The molecule has 0 unspecified atom stereocenters. The molecule has 2 nitrogen and oxygen atoms in total. The Morgan fingerprint density at radius 3 is 2.48 bits per heavy atom. The van der Waals surface area contributed by atoms with E-state index in [1.807, 2.05) is 36.4 Å². The van der Waals surface area contributed by atoms with Gasteiger partial charge in [0.1, 0.15) is 17.3 Å². The standard InChI is InChI=1S/C19H11BrFNO/c20-15-7-5-13(6-8-15)19-10-9-16(23-19)11-14(12-22)17-3-1-2-4-18(17)21/h1-11H/b14-11+. The summed E-state index contributed by atoms with van der Waals surface area (Å²) in [5.41, 5.74) is 1.41. The molecule has 1 heterocycles. The highest BCUT2D eigenvalue weighted by atomic mass is 79.9. The third-order valence-corrected chi connectivity index (χ3v) is 3.86. The van der Waals surface area contributed by atoms with E-state index in [0.29, 0.717) is 11.5 Å². The minimum Gasteiger partial charge on any atom is -0.457 e. The Hall–Kier alpha value is -2.64. The molecule has 2 aromatic carbocycles. The highest BCUT2D eigenvalue weighted by molar-refractivity contribution is 9.10. The molecule has 3 aromatic rings. The molecule has 0 fully saturated rings. The molecule has 3 rings (SSSR count). The summed E-state index contributed by atoms with van der Waals surface area (Å²) < 4.78 is 20.5. The molecule has 0 N–H and O–H groups in total. The second kappa shape index (κ2) is 6.64. The first-order chi connectivity index (χ1) is 11.2. The Labute approximate surface area is 141 Å². The van der Waals surface area contributed by atoms with Crippen LogP contribution in [-0.2, 0) is 0 Å². The summed E-state index contributed by atoms with van der Waals surface area (Å²) in [6.07, 6.45) is 1.54. The summed E-state index contributed by atoms with van der Waals surface area (Å²) in [5.74, 6) is 0.761. The largest absolute Gasteiger partial charge is 0.457 e. The number of allylic oxidation sites excluding steroid dienone is 1. The number of hydrogen-bond donors (Lipinski definition) is 0. The maximum Gasteiger partial charge on any atom is 0.134 e. The second-order valence-electron chi connectivity index (χ2n) is 4.86. The Morgan fingerprint density at radius 2 is 1.78 bits per heavy atom. The van der Waals surface area contributed by atoms with Crippen molar-refractivity contribution in [1.82, 2.24) is 0 Å². The van der Waals surface area contributed by atoms with Crippen molar-refractivity contribution in [3.05, 3.63) is 82.3 Å². The van der Waals surface area contributed by atoms with Gasteiger partial charge in [-0.1, -0.05) is 46.3 Å². The molecule has 0 amide bonds. The van der Waals surface area contributed by atoms with Gasteiger partial charge in [-0.05, 0) is 36.4 Å². The van der Waals surface area contributed by atoms with Gasteiger partial charge < -0.3 is 4.42 Å². The molecule has 0 aliphatic rings. The lowest BCUT2D eigenvalue weighted by atomic mass is 10.1. The first-order valence-corrected chi connectivity index (χ1v) is 7.69. The van der Waals surface area contributed by atoms with Crippen molar-refractivity contribution in [2.75, 3.05) is 0 Å². The lowest BCUT2D eigenvalue weighted by Gasteiger charge is -2.00. The van der Waals surface area contributed by atoms with Crippen molar-refractivity contribution >= 4 is 27.6 Å². The average molecular weight is 368 g/mol. The minimum atomic E-state index is -0.431. The summed E-state index contributed by atoms with van der Waals surface area (Å²) in [4.78, 5) is 0. The summed E-state index contributed by atoms with van der Waals surface area (Å²) >= 11 is 3.39. The van der Waals surface area contributed by atoms with Gasteiger partial charge in [0.05, 0.1) is 11.6 Å². The fraction of sp³-hybridized carbons (Fsp3) is 0. The smallest absolute Gasteiger partial charge is 0.134 e. The van der Waals surface area contributed by atoms with Gasteiger partial charge in [-0.3, -0.25) is 0 Å². The third-order valence-electron chi connectivity index (χ3n) is 3.33. The van der Waals surface area contributed by atoms with Crippen LogP contribution in [0, 0.1) is 17.1 Å². The fourth-order valence-electron chi connectivity index (χ4n) is 2.19. The topological polar surface area (TPSA) is 36.9 Å². The predicted octanol–water partition coefficient (Wildman–Crippen LogP) is 5.91. The molecule has 0 radical (unpaired) electrons. The van der Waals surface area contributed by atoms with E-state index in [0.717, 1.165) is 10.0 Å². The van der Waals surface area contributed by atoms with Crippen LogP contribution in [-0.4, -0.2) is 0 Å². The van der Waals surface area contributed by atoms with Gasteiger partial charge in [-0.2, -0.15) is 5.26 Å². The number of nitriles is 1. The van der Waals surface area contributed by atoms with Gasteiger partial charge in [0, 0.05) is 15.6 Å². The normalized spacial score (nSPS) is 11.3. The van der Waals surface area contributed by atoms with Gasteiger partial charge in [-0.15, -0.1) is 0 Å². The Morgan fingerprint density at radius 1 is 1.04 bits per heavy atom. The third kappa shape index (κ3) is 3.41. The number of furan rings is 1. The van der Waals surface area contributed by atoms with E-state index < -0.39 is 5.82 Å². The molecule has 0 saturated heterocycles. The highest BCUT2D eigenvalue weighted by Gasteiger charge is 2.09. The molecular weight excluding hydrogens is 357 g/mol. The SMILES string of the molecule is N#C/C(=C\c1ccc(-c2ccc(Br)cc2)o1)c1ccccc1F. The first-order valence-electron chi connectivity index (χ1n) is 6.90. The molecule has 0 bridgehead atoms. The van der Waals surface area contributed by atoms with Crippen molar-refractivity contribution in [3.63, 3.8) is 0 Å². The van der Waals surface area contributed by atoms with E-state index in [-0.39, 0.29) is 11.1 Å². The Bertz CT molecular complexity index is 904. The minimum absolute atomic E-state index is 0.222. The molecule has 0 saturated carbocycles. The number of nitrogens with zero attached hydrogens (tertiary/aromatic N) is 1. The Balaban J connectivity index is 1.95. The zero-order valence-corrected chi connectivity index (χ0v) is 13.5. The van der Waals surface area contributed by atoms with Gasteiger partial charge in [-0.25, -0.2) is 4.39 Å². The molecule has 1 aromatic heterocycles. The van der Waals surface area contributed by atoms with Crippen LogP contribution in [0.4, 0.5) is 4.39 Å². The Kier molecular flexibility index (Phi) is 4.40. The van der Waals surface area contributed by atoms with E-state index in [1.54, 1.807) is 30.3 Å². The fourth-order valence-corrected chi connectivity index (χ4v) is 2.46. The van der Waals surface area contributed by atoms with Crippen LogP contribution in [0.5, 0.6) is 0 Å². The first kappa shape index (κ1) is 15.3. The van der Waals surface area contributed by atoms with Gasteiger partial charge in [0.2, 0.25) is 0 Å². The molecule has 0 aliphatic heterocycles. The lowest BCUT2D eigenvalue weighted by molar-refractivity contribution is 0.572. The second-order valence-corrected chi connectivity index (χ2v) is 5.77. The summed E-state index contributed by atoms with van der Waals surface area (Å²) in [6.45, 7) is 0. The average Bonchev–Trinajstić information content (AvgIpc) is 3.03. The summed E-state index contributed by atoms with van der Waals surface area (Å²) in [5, 5.41) is 9.29. The van der Waals surface area contributed by atoms with E-state index in [2.05, 4.69) is 15.9 Å². The number of hydrogen-bond acceptors (Lipinski definition) is 2. The number of rotatable bonds is 3. The van der Waals surface area contributed by atoms with Gasteiger partial charge in [0.15, 0.2) is 0 Å². The zero-order chi connectivity index (χ0) is 16.2. The lowest BCUT2D eigenvalue weighted by Crippen LogP contribution is -1.86. The molecule has 0 spiro atoms. The van der Waals surface area contributed by atoms with Crippen molar-refractivity contribution in [2.45, 2.75) is 0 Å².